The van der Waals surface area contributed by atoms with Crippen molar-refractivity contribution in [2.75, 3.05) is 6.54 Å². The standard InChI is InChI=1S/C25H25FN2O2S/c1-16(2)15-28-23(21-8-5-13-31-21)22(19-6-3-4-7-20(19)25(28)30)24(29)27-14-17-9-11-18(26)12-10-17/h3-13,16,22-23H,14-15H2,1-2H3,(H,27,29). The fourth-order valence-electron chi connectivity index (χ4n) is 4.15. The lowest BCUT2D eigenvalue weighted by Gasteiger charge is -2.42. The third-order valence-electron chi connectivity index (χ3n) is 5.50. The molecule has 1 aromatic heterocycles. The largest absolute Gasteiger partial charge is 0.351 e. The molecule has 0 aliphatic carbocycles. The van der Waals surface area contributed by atoms with E-state index in [9.17, 15) is 14.0 Å². The summed E-state index contributed by atoms with van der Waals surface area (Å²) in [6.07, 6.45) is 0. The van der Waals surface area contributed by atoms with Gasteiger partial charge in [0.2, 0.25) is 5.91 Å². The number of thiophene rings is 1. The molecule has 2 unspecified atom stereocenters. The van der Waals surface area contributed by atoms with E-state index in [-0.39, 0.29) is 29.6 Å². The second-order valence-electron chi connectivity index (χ2n) is 8.22. The summed E-state index contributed by atoms with van der Waals surface area (Å²) in [5, 5.41) is 4.99. The molecule has 2 atom stereocenters. The maximum absolute atomic E-state index is 13.5. The first-order valence-corrected chi connectivity index (χ1v) is 11.3. The van der Waals surface area contributed by atoms with Crippen molar-refractivity contribution in [1.29, 1.82) is 0 Å². The summed E-state index contributed by atoms with van der Waals surface area (Å²) in [5.74, 6) is -0.745. The number of nitrogens with zero attached hydrogens (tertiary/aromatic N) is 1. The average molecular weight is 437 g/mol. The van der Waals surface area contributed by atoms with Crippen LogP contribution in [0.15, 0.2) is 66.0 Å². The zero-order chi connectivity index (χ0) is 22.0. The van der Waals surface area contributed by atoms with Crippen molar-refractivity contribution in [2.24, 2.45) is 5.92 Å². The van der Waals surface area contributed by atoms with E-state index in [0.29, 0.717) is 18.7 Å². The van der Waals surface area contributed by atoms with Crippen LogP contribution in [-0.4, -0.2) is 23.3 Å². The van der Waals surface area contributed by atoms with Gasteiger partial charge in [0.15, 0.2) is 0 Å². The molecular weight excluding hydrogens is 411 g/mol. The van der Waals surface area contributed by atoms with Crippen molar-refractivity contribution in [3.8, 4) is 0 Å². The predicted octanol–water partition coefficient (Wildman–Crippen LogP) is 5.14. The number of carbonyl (C=O) groups excluding carboxylic acids is 2. The Morgan fingerprint density at radius 1 is 1.10 bits per heavy atom. The average Bonchev–Trinajstić information content (AvgIpc) is 3.29. The first-order chi connectivity index (χ1) is 15.0. The molecular formula is C25H25FN2O2S. The number of benzene rings is 2. The van der Waals surface area contributed by atoms with Crippen molar-refractivity contribution >= 4 is 23.2 Å². The number of carbonyl (C=O) groups is 2. The third-order valence-corrected chi connectivity index (χ3v) is 6.44. The zero-order valence-electron chi connectivity index (χ0n) is 17.5. The molecule has 160 valence electrons. The second kappa shape index (κ2) is 9.02. The molecule has 0 saturated heterocycles. The minimum atomic E-state index is -0.522. The lowest BCUT2D eigenvalue weighted by molar-refractivity contribution is -0.124. The second-order valence-corrected chi connectivity index (χ2v) is 9.20. The summed E-state index contributed by atoms with van der Waals surface area (Å²) in [4.78, 5) is 29.8. The molecule has 2 heterocycles. The van der Waals surface area contributed by atoms with E-state index in [1.54, 1.807) is 29.5 Å². The van der Waals surface area contributed by atoms with E-state index in [1.165, 1.54) is 12.1 Å². The maximum Gasteiger partial charge on any atom is 0.254 e. The van der Waals surface area contributed by atoms with Crippen LogP contribution in [0.25, 0.3) is 0 Å². The van der Waals surface area contributed by atoms with Gasteiger partial charge in [0.05, 0.1) is 12.0 Å². The van der Waals surface area contributed by atoms with Crippen LogP contribution in [0.2, 0.25) is 0 Å². The van der Waals surface area contributed by atoms with Gasteiger partial charge in [0.1, 0.15) is 5.82 Å². The minimum Gasteiger partial charge on any atom is -0.351 e. The van der Waals surface area contributed by atoms with E-state index in [1.807, 2.05) is 40.6 Å². The molecule has 1 aliphatic heterocycles. The van der Waals surface area contributed by atoms with Gasteiger partial charge in [-0.15, -0.1) is 11.3 Å². The Morgan fingerprint density at radius 2 is 1.84 bits per heavy atom. The van der Waals surface area contributed by atoms with E-state index in [4.69, 9.17) is 0 Å². The molecule has 2 amide bonds. The molecule has 1 aliphatic rings. The lowest BCUT2D eigenvalue weighted by Crippen LogP contribution is -2.48. The van der Waals surface area contributed by atoms with Crippen LogP contribution in [-0.2, 0) is 11.3 Å². The van der Waals surface area contributed by atoms with Gasteiger partial charge < -0.3 is 10.2 Å². The predicted molar refractivity (Wildman–Crippen MR) is 120 cm³/mol. The number of amides is 2. The molecule has 0 bridgehead atoms. The first kappa shape index (κ1) is 21.2. The van der Waals surface area contributed by atoms with Crippen molar-refractivity contribution in [3.05, 3.63) is 93.4 Å². The van der Waals surface area contributed by atoms with E-state index >= 15 is 0 Å². The van der Waals surface area contributed by atoms with Gasteiger partial charge in [0.25, 0.3) is 5.91 Å². The Kier molecular flexibility index (Phi) is 6.18. The Hall–Kier alpha value is -2.99. The van der Waals surface area contributed by atoms with Gasteiger partial charge in [-0.1, -0.05) is 50.2 Å². The quantitative estimate of drug-likeness (QED) is 0.582. The number of halogens is 1. The highest BCUT2D eigenvalue weighted by molar-refractivity contribution is 7.10. The highest BCUT2D eigenvalue weighted by Gasteiger charge is 2.44. The normalized spacial score (nSPS) is 18.2. The highest BCUT2D eigenvalue weighted by atomic mass is 32.1. The van der Waals surface area contributed by atoms with Crippen LogP contribution in [0.3, 0.4) is 0 Å². The molecule has 4 rings (SSSR count). The van der Waals surface area contributed by atoms with Gasteiger partial charge in [-0.05, 0) is 46.7 Å². The molecule has 2 aromatic carbocycles. The molecule has 0 fully saturated rings. The van der Waals surface area contributed by atoms with Gasteiger partial charge in [-0.3, -0.25) is 9.59 Å². The summed E-state index contributed by atoms with van der Waals surface area (Å²) in [7, 11) is 0. The Labute approximate surface area is 185 Å². The third kappa shape index (κ3) is 4.39. The van der Waals surface area contributed by atoms with Crippen LogP contribution in [0.4, 0.5) is 4.39 Å². The van der Waals surface area contributed by atoms with Crippen LogP contribution < -0.4 is 5.32 Å². The molecule has 0 spiro atoms. The van der Waals surface area contributed by atoms with Gasteiger partial charge >= 0.3 is 0 Å². The van der Waals surface area contributed by atoms with Crippen LogP contribution in [0, 0.1) is 11.7 Å². The van der Waals surface area contributed by atoms with E-state index in [2.05, 4.69) is 19.2 Å². The topological polar surface area (TPSA) is 49.4 Å². The Morgan fingerprint density at radius 3 is 2.52 bits per heavy atom. The summed E-state index contributed by atoms with van der Waals surface area (Å²) < 4.78 is 13.2. The Balaban J connectivity index is 1.72. The monoisotopic (exact) mass is 436 g/mol. The first-order valence-electron chi connectivity index (χ1n) is 10.4. The van der Waals surface area contributed by atoms with Crippen LogP contribution >= 0.6 is 11.3 Å². The van der Waals surface area contributed by atoms with Crippen LogP contribution in [0.5, 0.6) is 0 Å². The number of nitrogens with one attached hydrogen (secondary N) is 1. The lowest BCUT2D eigenvalue weighted by atomic mass is 9.81. The molecule has 31 heavy (non-hydrogen) atoms. The molecule has 6 heteroatoms. The number of hydrogen-bond acceptors (Lipinski definition) is 3. The Bertz CT molecular complexity index is 1060. The smallest absolute Gasteiger partial charge is 0.254 e. The van der Waals surface area contributed by atoms with Crippen molar-refractivity contribution in [1.82, 2.24) is 10.2 Å². The maximum atomic E-state index is 13.5. The minimum absolute atomic E-state index is 0.0368. The molecule has 0 radical (unpaired) electrons. The molecule has 0 saturated carbocycles. The van der Waals surface area contributed by atoms with E-state index in [0.717, 1.165) is 16.0 Å². The summed E-state index contributed by atoms with van der Waals surface area (Å²) in [5.41, 5.74) is 2.15. The summed E-state index contributed by atoms with van der Waals surface area (Å²) in [6, 6.07) is 17.1. The number of rotatable bonds is 6. The number of hydrogen-bond donors (Lipinski definition) is 1. The van der Waals surface area contributed by atoms with E-state index < -0.39 is 5.92 Å². The number of fused-ring (bicyclic) bond motifs is 1. The molecule has 1 N–H and O–H groups in total. The van der Waals surface area contributed by atoms with Crippen molar-refractivity contribution < 1.29 is 14.0 Å². The van der Waals surface area contributed by atoms with Crippen molar-refractivity contribution in [3.63, 3.8) is 0 Å². The zero-order valence-corrected chi connectivity index (χ0v) is 18.4. The fraction of sp³-hybridized carbons (Fsp3) is 0.280. The summed E-state index contributed by atoms with van der Waals surface area (Å²) >= 11 is 1.56. The van der Waals surface area contributed by atoms with Gasteiger partial charge in [-0.25, -0.2) is 4.39 Å². The summed E-state index contributed by atoms with van der Waals surface area (Å²) in [6.45, 7) is 5.01. The van der Waals surface area contributed by atoms with Crippen molar-refractivity contribution in [2.45, 2.75) is 32.4 Å². The van der Waals surface area contributed by atoms with Crippen LogP contribution in [0.1, 0.15) is 52.2 Å². The fourth-order valence-corrected chi connectivity index (χ4v) is 5.02. The van der Waals surface area contributed by atoms with Gasteiger partial charge in [0, 0.05) is 23.5 Å². The SMILES string of the molecule is CC(C)CN1C(=O)c2ccccc2C(C(=O)NCc2ccc(F)cc2)C1c1cccs1. The molecule has 4 nitrogen and oxygen atoms in total. The van der Waals surface area contributed by atoms with Gasteiger partial charge in [-0.2, -0.15) is 0 Å². The molecule has 3 aromatic rings. The highest BCUT2D eigenvalue weighted by Crippen LogP contribution is 2.44.